The minimum Gasteiger partial charge on any atom is -0.489 e. The summed E-state index contributed by atoms with van der Waals surface area (Å²) in [6.45, 7) is 4.84. The summed E-state index contributed by atoms with van der Waals surface area (Å²) in [5.74, 6) is 0.684. The Balaban J connectivity index is 1.36. The van der Waals surface area contributed by atoms with Crippen molar-refractivity contribution in [3.05, 3.63) is 94.5 Å². The molecule has 1 aromatic carbocycles. The standard InChI is InChI=1S/C23H22N4O2S/c1-16-12-21(17(2)27(16)23-25-10-11-30-23)22(28)26-14-18-5-7-20(8-6-18)29-15-19-4-3-9-24-13-19/h3-13H,14-15H2,1-2H3,(H,26,28). The number of rotatable bonds is 7. The van der Waals surface area contributed by atoms with Crippen molar-refractivity contribution in [2.75, 3.05) is 0 Å². The summed E-state index contributed by atoms with van der Waals surface area (Å²) in [6.07, 6.45) is 5.29. The Hall–Kier alpha value is -3.45. The molecular formula is C23H22N4O2S. The average molecular weight is 419 g/mol. The molecule has 0 aliphatic heterocycles. The molecule has 0 unspecified atom stereocenters. The highest BCUT2D eigenvalue weighted by Gasteiger charge is 2.17. The lowest BCUT2D eigenvalue weighted by Crippen LogP contribution is -2.23. The van der Waals surface area contributed by atoms with Crippen molar-refractivity contribution in [2.45, 2.75) is 27.0 Å². The third-order valence-corrected chi connectivity index (χ3v) is 5.55. The topological polar surface area (TPSA) is 69.0 Å². The number of hydrogen-bond acceptors (Lipinski definition) is 5. The lowest BCUT2D eigenvalue weighted by Gasteiger charge is -2.09. The number of carbonyl (C=O) groups is 1. The van der Waals surface area contributed by atoms with Crippen molar-refractivity contribution in [1.29, 1.82) is 0 Å². The molecule has 4 rings (SSSR count). The lowest BCUT2D eigenvalue weighted by atomic mass is 10.2. The molecule has 30 heavy (non-hydrogen) atoms. The average Bonchev–Trinajstić information content (AvgIpc) is 3.39. The molecule has 6 nitrogen and oxygen atoms in total. The zero-order chi connectivity index (χ0) is 20.9. The van der Waals surface area contributed by atoms with Gasteiger partial charge in [0.05, 0.1) is 5.56 Å². The zero-order valence-corrected chi connectivity index (χ0v) is 17.6. The zero-order valence-electron chi connectivity index (χ0n) is 16.8. The van der Waals surface area contributed by atoms with Crippen LogP contribution >= 0.6 is 11.3 Å². The molecule has 4 aromatic rings. The van der Waals surface area contributed by atoms with Gasteiger partial charge in [-0.2, -0.15) is 0 Å². The number of amides is 1. The van der Waals surface area contributed by atoms with E-state index < -0.39 is 0 Å². The fraction of sp³-hybridized carbons (Fsp3) is 0.174. The predicted molar refractivity (Wildman–Crippen MR) is 117 cm³/mol. The van der Waals surface area contributed by atoms with Crippen molar-refractivity contribution in [2.24, 2.45) is 0 Å². The molecule has 152 valence electrons. The van der Waals surface area contributed by atoms with Crippen molar-refractivity contribution < 1.29 is 9.53 Å². The summed E-state index contributed by atoms with van der Waals surface area (Å²) < 4.78 is 7.78. The third-order valence-electron chi connectivity index (χ3n) is 4.79. The molecule has 0 saturated carbocycles. The normalized spacial score (nSPS) is 10.7. The fourth-order valence-corrected chi connectivity index (χ4v) is 4.00. The minimum absolute atomic E-state index is 0.0946. The summed E-state index contributed by atoms with van der Waals surface area (Å²) in [5, 5.41) is 5.80. The summed E-state index contributed by atoms with van der Waals surface area (Å²) >= 11 is 1.55. The van der Waals surface area contributed by atoms with Gasteiger partial charge in [-0.05, 0) is 43.7 Å². The van der Waals surface area contributed by atoms with E-state index in [9.17, 15) is 4.79 Å². The number of nitrogens with zero attached hydrogens (tertiary/aromatic N) is 3. The monoisotopic (exact) mass is 418 g/mol. The SMILES string of the molecule is Cc1cc(C(=O)NCc2ccc(OCc3cccnc3)cc2)c(C)n1-c1nccs1. The number of pyridine rings is 1. The largest absolute Gasteiger partial charge is 0.489 e. The molecule has 0 radical (unpaired) electrons. The molecule has 3 aromatic heterocycles. The van der Waals surface area contributed by atoms with E-state index in [4.69, 9.17) is 4.74 Å². The molecule has 0 aliphatic carbocycles. The van der Waals surface area contributed by atoms with Gasteiger partial charge in [-0.15, -0.1) is 11.3 Å². The maximum atomic E-state index is 12.7. The van der Waals surface area contributed by atoms with Crippen LogP contribution in [0.1, 0.15) is 32.9 Å². The Morgan fingerprint density at radius 1 is 1.13 bits per heavy atom. The second-order valence-electron chi connectivity index (χ2n) is 6.91. The van der Waals surface area contributed by atoms with Crippen LogP contribution in [0.3, 0.4) is 0 Å². The Kier molecular flexibility index (Phi) is 5.90. The molecular weight excluding hydrogens is 396 g/mol. The van der Waals surface area contributed by atoms with E-state index in [0.29, 0.717) is 18.7 Å². The van der Waals surface area contributed by atoms with Crippen LogP contribution in [0, 0.1) is 13.8 Å². The number of aromatic nitrogens is 3. The van der Waals surface area contributed by atoms with Gasteiger partial charge in [-0.25, -0.2) is 4.98 Å². The van der Waals surface area contributed by atoms with Gasteiger partial charge >= 0.3 is 0 Å². The number of thiazole rings is 1. The molecule has 0 atom stereocenters. The molecule has 0 spiro atoms. The number of aryl methyl sites for hydroxylation is 1. The molecule has 3 heterocycles. The maximum Gasteiger partial charge on any atom is 0.253 e. The fourth-order valence-electron chi connectivity index (χ4n) is 3.24. The molecule has 0 aliphatic rings. The molecule has 7 heteroatoms. The summed E-state index contributed by atoms with van der Waals surface area (Å²) in [6, 6.07) is 13.5. The van der Waals surface area contributed by atoms with Crippen LogP contribution in [0.5, 0.6) is 5.75 Å². The van der Waals surface area contributed by atoms with Crippen LogP contribution in [-0.2, 0) is 13.2 Å². The number of hydrogen-bond donors (Lipinski definition) is 1. The molecule has 1 N–H and O–H groups in total. The quantitative estimate of drug-likeness (QED) is 0.481. The van der Waals surface area contributed by atoms with Crippen LogP contribution in [0.15, 0.2) is 66.4 Å². The number of nitrogens with one attached hydrogen (secondary N) is 1. The minimum atomic E-state index is -0.0946. The van der Waals surface area contributed by atoms with Crippen LogP contribution in [0.2, 0.25) is 0 Å². The second-order valence-corrected chi connectivity index (χ2v) is 7.78. The highest BCUT2D eigenvalue weighted by atomic mass is 32.1. The smallest absolute Gasteiger partial charge is 0.253 e. The summed E-state index contributed by atoms with van der Waals surface area (Å²) in [4.78, 5) is 21.2. The van der Waals surface area contributed by atoms with Gasteiger partial charge in [-0.3, -0.25) is 14.3 Å². The first-order valence-electron chi connectivity index (χ1n) is 9.59. The van der Waals surface area contributed by atoms with Gasteiger partial charge in [0.15, 0.2) is 5.13 Å². The van der Waals surface area contributed by atoms with E-state index in [-0.39, 0.29) is 5.91 Å². The molecule has 0 saturated heterocycles. The first-order chi connectivity index (χ1) is 14.6. The Morgan fingerprint density at radius 3 is 2.67 bits per heavy atom. The van der Waals surface area contributed by atoms with Crippen molar-refractivity contribution >= 4 is 17.2 Å². The van der Waals surface area contributed by atoms with E-state index in [0.717, 1.165) is 33.4 Å². The van der Waals surface area contributed by atoms with Crippen LogP contribution in [-0.4, -0.2) is 20.4 Å². The van der Waals surface area contributed by atoms with E-state index in [1.54, 1.807) is 29.9 Å². The molecule has 0 fully saturated rings. The van der Waals surface area contributed by atoms with Gasteiger partial charge in [0.1, 0.15) is 12.4 Å². The highest BCUT2D eigenvalue weighted by Crippen LogP contribution is 2.22. The van der Waals surface area contributed by atoms with E-state index in [1.807, 2.05) is 66.3 Å². The third kappa shape index (κ3) is 4.41. The molecule has 0 bridgehead atoms. The Bertz CT molecular complexity index is 1120. The maximum absolute atomic E-state index is 12.7. The van der Waals surface area contributed by atoms with E-state index >= 15 is 0 Å². The first-order valence-corrected chi connectivity index (χ1v) is 10.5. The van der Waals surface area contributed by atoms with Crippen LogP contribution in [0.4, 0.5) is 0 Å². The number of benzene rings is 1. The number of ether oxygens (including phenoxy) is 1. The first kappa shape index (κ1) is 19.8. The van der Waals surface area contributed by atoms with Gasteiger partial charge in [0.25, 0.3) is 5.91 Å². The van der Waals surface area contributed by atoms with Gasteiger partial charge in [-0.1, -0.05) is 18.2 Å². The Labute approximate surface area is 179 Å². The highest BCUT2D eigenvalue weighted by molar-refractivity contribution is 7.12. The van der Waals surface area contributed by atoms with Crippen molar-refractivity contribution in [3.63, 3.8) is 0 Å². The summed E-state index contributed by atoms with van der Waals surface area (Å²) in [7, 11) is 0. The van der Waals surface area contributed by atoms with Crippen molar-refractivity contribution in [3.8, 4) is 10.9 Å². The molecule has 1 amide bonds. The van der Waals surface area contributed by atoms with E-state index in [2.05, 4.69) is 15.3 Å². The van der Waals surface area contributed by atoms with Gasteiger partial charge in [0.2, 0.25) is 0 Å². The van der Waals surface area contributed by atoms with Crippen molar-refractivity contribution in [1.82, 2.24) is 19.9 Å². The van der Waals surface area contributed by atoms with E-state index in [1.165, 1.54) is 0 Å². The lowest BCUT2D eigenvalue weighted by molar-refractivity contribution is 0.0950. The van der Waals surface area contributed by atoms with Crippen LogP contribution in [0.25, 0.3) is 5.13 Å². The number of carbonyl (C=O) groups excluding carboxylic acids is 1. The Morgan fingerprint density at radius 2 is 1.97 bits per heavy atom. The van der Waals surface area contributed by atoms with Gasteiger partial charge < -0.3 is 10.1 Å². The predicted octanol–water partition coefficient (Wildman–Crippen LogP) is 4.45. The summed E-state index contributed by atoms with van der Waals surface area (Å²) in [5.41, 5.74) is 4.57. The van der Waals surface area contributed by atoms with Crippen LogP contribution < -0.4 is 10.1 Å². The second kappa shape index (κ2) is 8.92. The van der Waals surface area contributed by atoms with Gasteiger partial charge in [0, 0.05) is 47.5 Å².